The molecular weight excluding hydrogens is 487 g/mol. The van der Waals surface area contributed by atoms with Crippen molar-refractivity contribution < 1.29 is 18.7 Å². The van der Waals surface area contributed by atoms with Gasteiger partial charge in [-0.1, -0.05) is 24.4 Å². The number of nitrogen functional groups attached to an aromatic ring is 1. The second-order valence-electron chi connectivity index (χ2n) is 9.05. The highest BCUT2D eigenvalue weighted by atomic mass is 35.5. The first kappa shape index (κ1) is 23.8. The van der Waals surface area contributed by atoms with E-state index in [4.69, 9.17) is 26.9 Å². The zero-order valence-corrected chi connectivity index (χ0v) is 19.8. The zero-order chi connectivity index (χ0) is 25.4. The third-order valence-corrected chi connectivity index (χ3v) is 7.20. The van der Waals surface area contributed by atoms with Gasteiger partial charge in [0.05, 0.1) is 35.2 Å². The van der Waals surface area contributed by atoms with Crippen LogP contribution in [0.1, 0.15) is 37.7 Å². The van der Waals surface area contributed by atoms with Gasteiger partial charge in [-0.3, -0.25) is 4.79 Å². The van der Waals surface area contributed by atoms with Crippen LogP contribution in [0.5, 0.6) is 0 Å². The highest BCUT2D eigenvalue weighted by Gasteiger charge is 2.39. The van der Waals surface area contributed by atoms with Crippen LogP contribution in [0.2, 0.25) is 5.15 Å². The van der Waals surface area contributed by atoms with Gasteiger partial charge in [0.2, 0.25) is 0 Å². The van der Waals surface area contributed by atoms with Gasteiger partial charge in [0.15, 0.2) is 17.3 Å². The van der Waals surface area contributed by atoms with Crippen molar-refractivity contribution in [2.75, 3.05) is 5.73 Å². The zero-order valence-electron chi connectivity index (χ0n) is 19.0. The normalized spacial score (nSPS) is 20.5. The first-order chi connectivity index (χ1) is 17.4. The lowest BCUT2D eigenvalue weighted by atomic mass is 9.65. The van der Waals surface area contributed by atoms with Crippen molar-refractivity contribution in [1.82, 2.24) is 19.9 Å². The number of hydrogen-bond acceptors (Lipinski definition) is 7. The van der Waals surface area contributed by atoms with Crippen molar-refractivity contribution in [3.8, 4) is 28.7 Å². The lowest BCUT2D eigenvalue weighted by molar-refractivity contribution is -0.147. The number of carboxylic acids is 1. The summed E-state index contributed by atoms with van der Waals surface area (Å²) < 4.78 is 19.8. The fourth-order valence-electron chi connectivity index (χ4n) is 5.27. The molecular formula is C25H22ClFN6O3. The fraction of sp³-hybridized carbons (Fsp3) is 0.320. The van der Waals surface area contributed by atoms with E-state index in [-0.39, 0.29) is 39.5 Å². The number of nitrogens with two attached hydrogens (primary N) is 1. The summed E-state index contributed by atoms with van der Waals surface area (Å²) in [4.78, 5) is 26.0. The van der Waals surface area contributed by atoms with Crippen LogP contribution in [0.15, 0.2) is 35.2 Å². The Balaban J connectivity index is 0.000000202. The van der Waals surface area contributed by atoms with E-state index in [0.29, 0.717) is 22.6 Å². The maximum Gasteiger partial charge on any atom is 0.306 e. The third kappa shape index (κ3) is 4.27. The van der Waals surface area contributed by atoms with Crippen molar-refractivity contribution in [1.29, 1.82) is 5.26 Å². The molecule has 36 heavy (non-hydrogen) atoms. The number of nitrogens with zero attached hydrogens (tertiary/aromatic N) is 4. The number of hydrogen-bond donors (Lipinski definition) is 3. The van der Waals surface area contributed by atoms with Crippen LogP contribution in [-0.4, -0.2) is 31.0 Å². The van der Waals surface area contributed by atoms with Crippen molar-refractivity contribution >= 4 is 34.6 Å². The van der Waals surface area contributed by atoms with Gasteiger partial charge >= 0.3 is 5.97 Å². The number of pyridine rings is 1. The van der Waals surface area contributed by atoms with Crippen LogP contribution in [0, 0.1) is 34.9 Å². The highest BCUT2D eigenvalue weighted by molar-refractivity contribution is 6.29. The Morgan fingerprint density at radius 1 is 1.31 bits per heavy atom. The molecule has 9 nitrogen and oxygen atoms in total. The molecule has 7 rings (SSSR count). The number of nitriles is 1. The van der Waals surface area contributed by atoms with E-state index in [1.54, 1.807) is 12.3 Å². The molecule has 4 aromatic heterocycles. The van der Waals surface area contributed by atoms with Crippen LogP contribution < -0.4 is 5.73 Å². The average molecular weight is 509 g/mol. The molecule has 0 aromatic carbocycles. The molecule has 0 aliphatic heterocycles. The first-order valence-electron chi connectivity index (χ1n) is 11.5. The molecule has 1 atom stereocenters. The van der Waals surface area contributed by atoms with Gasteiger partial charge in [-0.25, -0.2) is 19.3 Å². The van der Waals surface area contributed by atoms with Crippen molar-refractivity contribution in [3.63, 3.8) is 0 Å². The number of aromatic nitrogens is 4. The summed E-state index contributed by atoms with van der Waals surface area (Å²) in [6.45, 7) is 0. The van der Waals surface area contributed by atoms with Crippen LogP contribution >= 0.6 is 11.6 Å². The second kappa shape index (κ2) is 9.59. The Morgan fingerprint density at radius 3 is 2.67 bits per heavy atom. The molecule has 4 N–H and O–H groups in total. The summed E-state index contributed by atoms with van der Waals surface area (Å²) >= 11 is 5.91. The average Bonchev–Trinajstić information content (AvgIpc) is 3.56. The number of carbonyl (C=O) groups is 1. The molecule has 184 valence electrons. The Hall–Kier alpha value is -3.97. The van der Waals surface area contributed by atoms with Gasteiger partial charge < -0.3 is 20.2 Å². The Labute approximate surface area is 210 Å². The minimum Gasteiger partial charge on any atom is -0.481 e. The van der Waals surface area contributed by atoms with E-state index in [9.17, 15) is 14.4 Å². The molecule has 0 radical (unpaired) electrons. The number of nitrogens with one attached hydrogen (secondary N) is 1. The molecule has 2 bridgehead atoms. The van der Waals surface area contributed by atoms with Gasteiger partial charge in [0, 0.05) is 11.8 Å². The van der Waals surface area contributed by atoms with E-state index in [0.717, 1.165) is 12.3 Å². The third-order valence-electron chi connectivity index (χ3n) is 7.01. The maximum atomic E-state index is 14.6. The molecule has 4 heterocycles. The fourth-order valence-corrected chi connectivity index (χ4v) is 5.40. The number of aliphatic carboxylic acids is 1. The topological polar surface area (TPSA) is 155 Å². The monoisotopic (exact) mass is 508 g/mol. The molecule has 4 aromatic rings. The van der Waals surface area contributed by atoms with Gasteiger partial charge in [-0.15, -0.1) is 0 Å². The number of carboxylic acid groups (broad SMARTS) is 1. The van der Waals surface area contributed by atoms with E-state index in [2.05, 4.69) is 19.9 Å². The molecule has 3 saturated carbocycles. The number of aromatic amines is 1. The second-order valence-corrected chi connectivity index (χ2v) is 9.44. The minimum atomic E-state index is -0.820. The number of rotatable bonds is 3. The lowest BCUT2D eigenvalue weighted by Gasteiger charge is -2.40. The largest absolute Gasteiger partial charge is 0.481 e. The summed E-state index contributed by atoms with van der Waals surface area (Å²) in [5.74, 6) is -0.308. The van der Waals surface area contributed by atoms with Crippen LogP contribution in [0.4, 0.5) is 10.2 Å². The van der Waals surface area contributed by atoms with Crippen LogP contribution in [0.25, 0.3) is 33.7 Å². The molecule has 0 amide bonds. The molecule has 0 spiro atoms. The highest BCUT2D eigenvalue weighted by Crippen LogP contribution is 2.45. The number of fused-ring (bicyclic) bond motifs is 4. The summed E-state index contributed by atoms with van der Waals surface area (Å²) in [6, 6.07) is 5.10. The minimum absolute atomic E-state index is 0.00231. The predicted octanol–water partition coefficient (Wildman–Crippen LogP) is 5.42. The Bertz CT molecular complexity index is 1470. The predicted molar refractivity (Wildman–Crippen MR) is 130 cm³/mol. The molecule has 0 saturated heterocycles. The van der Waals surface area contributed by atoms with Gasteiger partial charge in [0.25, 0.3) is 0 Å². The van der Waals surface area contributed by atoms with Crippen molar-refractivity contribution in [2.45, 2.75) is 32.1 Å². The number of halogens is 2. The van der Waals surface area contributed by atoms with E-state index < -0.39 is 11.8 Å². The molecule has 11 heteroatoms. The molecule has 3 fully saturated rings. The summed E-state index contributed by atoms with van der Waals surface area (Å²) in [6.07, 6.45) is 10.2. The van der Waals surface area contributed by atoms with E-state index >= 15 is 0 Å². The summed E-state index contributed by atoms with van der Waals surface area (Å²) in [5.41, 5.74) is 7.08. The number of furan rings is 1. The maximum absolute atomic E-state index is 14.6. The van der Waals surface area contributed by atoms with E-state index in [1.807, 2.05) is 6.07 Å². The van der Waals surface area contributed by atoms with Crippen LogP contribution in [-0.2, 0) is 4.79 Å². The van der Waals surface area contributed by atoms with Gasteiger partial charge in [0.1, 0.15) is 22.5 Å². The Morgan fingerprint density at radius 2 is 2.08 bits per heavy atom. The standard InChI is InChI=1S/C16H8ClFN6O.C9H14O2/c17-10-6-22-16-14(23-10)8(5-21-16)13-7(4-19)11(9-2-1-3-25-9)12(18)15(20)24-13;10-9(11)8-5-6-1-3-7(8)4-2-6/h1-3,5-6H,(H2,20,24)(H,21,22);6-8H,1-5H2,(H,10,11). The number of anilines is 1. The van der Waals surface area contributed by atoms with Gasteiger partial charge in [-0.2, -0.15) is 5.26 Å². The van der Waals surface area contributed by atoms with Gasteiger partial charge in [-0.05, 0) is 43.2 Å². The van der Waals surface area contributed by atoms with Crippen molar-refractivity contribution in [3.05, 3.63) is 47.3 Å². The summed E-state index contributed by atoms with van der Waals surface area (Å²) in [7, 11) is 0. The quantitative estimate of drug-likeness (QED) is 0.331. The molecule has 3 aliphatic rings. The molecule has 1 unspecified atom stereocenters. The van der Waals surface area contributed by atoms with E-state index in [1.165, 1.54) is 44.2 Å². The smallest absolute Gasteiger partial charge is 0.306 e. The Kier molecular flexibility index (Phi) is 6.33. The first-order valence-corrected chi connectivity index (χ1v) is 11.9. The SMILES string of the molecule is N#Cc1c(-c2c[nH]c3ncc(Cl)nc23)nc(N)c(F)c1-c1ccco1.O=C(O)C1CC2CCC1CC2. The van der Waals surface area contributed by atoms with Crippen LogP contribution in [0.3, 0.4) is 0 Å². The molecule has 3 aliphatic carbocycles. The number of H-pyrrole nitrogens is 1. The lowest BCUT2D eigenvalue weighted by Crippen LogP contribution is -2.35. The summed E-state index contributed by atoms with van der Waals surface area (Å²) in [5, 5.41) is 18.7. The van der Waals surface area contributed by atoms with Crippen molar-refractivity contribution in [2.24, 2.45) is 17.8 Å².